The van der Waals surface area contributed by atoms with Gasteiger partial charge in [0.15, 0.2) is 0 Å². The predicted molar refractivity (Wildman–Crippen MR) is 102 cm³/mol. The van der Waals surface area contributed by atoms with Gasteiger partial charge in [0.05, 0.1) is 0 Å². The molecule has 1 saturated carbocycles. The van der Waals surface area contributed by atoms with Gasteiger partial charge >= 0.3 is 12.0 Å². The van der Waals surface area contributed by atoms with E-state index in [-0.39, 0.29) is 29.8 Å². The second kappa shape index (κ2) is 8.29. The quantitative estimate of drug-likeness (QED) is 0.697. The molecule has 1 unspecified atom stereocenters. The van der Waals surface area contributed by atoms with E-state index in [1.165, 1.54) is 5.56 Å². The van der Waals surface area contributed by atoms with E-state index >= 15 is 0 Å². The van der Waals surface area contributed by atoms with Crippen LogP contribution in [0.25, 0.3) is 0 Å². The van der Waals surface area contributed by atoms with Crippen molar-refractivity contribution in [3.8, 4) is 0 Å². The molecule has 2 aliphatic rings. The van der Waals surface area contributed by atoms with Crippen LogP contribution < -0.4 is 5.32 Å². The number of aliphatic carboxylic acids is 1. The number of amides is 3. The smallest absolute Gasteiger partial charge is 0.317 e. The minimum atomic E-state index is -0.846. The number of carboxylic acid groups (broad SMARTS) is 1. The summed E-state index contributed by atoms with van der Waals surface area (Å²) in [6, 6.07) is 2.22. The molecule has 3 amide bonds. The Morgan fingerprint density at radius 1 is 1.37 bits per heavy atom. The van der Waals surface area contributed by atoms with E-state index in [0.29, 0.717) is 32.6 Å². The van der Waals surface area contributed by atoms with E-state index in [1.807, 2.05) is 10.3 Å². The fraction of sp³-hybridized carbons (Fsp3) is 0.632. The van der Waals surface area contributed by atoms with Crippen molar-refractivity contribution in [2.75, 3.05) is 19.6 Å². The van der Waals surface area contributed by atoms with Crippen molar-refractivity contribution < 1.29 is 19.5 Å². The Morgan fingerprint density at radius 3 is 2.70 bits per heavy atom. The number of hydrogen-bond donors (Lipinski definition) is 2. The van der Waals surface area contributed by atoms with Gasteiger partial charge in [-0.3, -0.25) is 9.59 Å². The Hall–Kier alpha value is -2.09. The standard InChI is InChI=1S/C19H27N3O4S/c1-14(23)22(12-15-4-10-27-13-15)16-11-19(16)5-8-21(9-6-19)18(26)20-7-2-3-17(24)25/h4,10,13,16H,2-3,5-9,11-12H2,1H3,(H,20,26)(H,24,25). The normalized spacial score (nSPS) is 20.3. The van der Waals surface area contributed by atoms with Crippen LogP contribution >= 0.6 is 11.3 Å². The third kappa shape index (κ3) is 4.80. The van der Waals surface area contributed by atoms with Crippen molar-refractivity contribution >= 4 is 29.2 Å². The molecule has 1 spiro atoms. The molecule has 1 saturated heterocycles. The number of thiophene rings is 1. The first-order valence-corrected chi connectivity index (χ1v) is 10.4. The molecule has 8 heteroatoms. The van der Waals surface area contributed by atoms with Crippen LogP contribution in [0.1, 0.15) is 44.6 Å². The number of urea groups is 1. The molecule has 27 heavy (non-hydrogen) atoms. The SMILES string of the molecule is CC(=O)N(Cc1ccsc1)C1CC12CCN(C(=O)NCCCC(=O)O)CC2. The summed E-state index contributed by atoms with van der Waals surface area (Å²) in [5, 5.41) is 15.5. The Labute approximate surface area is 163 Å². The summed E-state index contributed by atoms with van der Waals surface area (Å²) < 4.78 is 0. The van der Waals surface area contributed by atoms with Crippen molar-refractivity contribution in [2.45, 2.75) is 51.6 Å². The molecule has 148 valence electrons. The van der Waals surface area contributed by atoms with Gasteiger partial charge in [0.1, 0.15) is 0 Å². The summed E-state index contributed by atoms with van der Waals surface area (Å²) in [4.78, 5) is 38.7. The molecule has 2 fully saturated rings. The Bertz CT molecular complexity index is 683. The second-order valence-corrected chi connectivity index (χ2v) is 8.36. The minimum absolute atomic E-state index is 0.0656. The van der Waals surface area contributed by atoms with Crippen LogP contribution in [-0.4, -0.2) is 58.5 Å². The Kier molecular flexibility index (Phi) is 6.04. The average Bonchev–Trinajstić information content (AvgIpc) is 3.05. The third-order valence-corrected chi connectivity index (χ3v) is 6.48. The summed E-state index contributed by atoms with van der Waals surface area (Å²) in [6.07, 6.45) is 3.35. The predicted octanol–water partition coefficient (Wildman–Crippen LogP) is 2.53. The van der Waals surface area contributed by atoms with E-state index in [0.717, 1.165) is 19.3 Å². The van der Waals surface area contributed by atoms with Gasteiger partial charge < -0.3 is 20.2 Å². The molecule has 3 rings (SSSR count). The molecule has 1 aromatic heterocycles. The Balaban J connectivity index is 1.46. The van der Waals surface area contributed by atoms with Crippen LogP contribution in [0.4, 0.5) is 4.79 Å². The maximum Gasteiger partial charge on any atom is 0.317 e. The highest BCUT2D eigenvalue weighted by molar-refractivity contribution is 7.07. The first-order chi connectivity index (χ1) is 12.9. The van der Waals surface area contributed by atoms with Crippen LogP contribution in [0, 0.1) is 5.41 Å². The van der Waals surface area contributed by atoms with Gasteiger partial charge in [-0.15, -0.1) is 0 Å². The fourth-order valence-electron chi connectivity index (χ4n) is 4.03. The summed E-state index contributed by atoms with van der Waals surface area (Å²) >= 11 is 1.64. The first-order valence-electron chi connectivity index (χ1n) is 9.44. The second-order valence-electron chi connectivity index (χ2n) is 7.58. The summed E-state index contributed by atoms with van der Waals surface area (Å²) in [5.74, 6) is -0.733. The van der Waals surface area contributed by atoms with E-state index in [1.54, 1.807) is 23.2 Å². The van der Waals surface area contributed by atoms with Crippen molar-refractivity contribution in [2.24, 2.45) is 5.41 Å². The van der Waals surface area contributed by atoms with Gasteiger partial charge in [-0.05, 0) is 53.5 Å². The number of likely N-dealkylation sites (tertiary alicyclic amines) is 1. The highest BCUT2D eigenvalue weighted by atomic mass is 32.1. The van der Waals surface area contributed by atoms with Gasteiger partial charge in [0.2, 0.25) is 5.91 Å². The summed E-state index contributed by atoms with van der Waals surface area (Å²) in [6.45, 7) is 4.06. The van der Waals surface area contributed by atoms with Gasteiger partial charge in [0.25, 0.3) is 0 Å². The van der Waals surface area contributed by atoms with Crippen molar-refractivity contribution in [1.82, 2.24) is 15.1 Å². The summed E-state index contributed by atoms with van der Waals surface area (Å²) in [7, 11) is 0. The highest BCUT2D eigenvalue weighted by Crippen LogP contribution is 2.57. The molecule has 1 aromatic rings. The van der Waals surface area contributed by atoms with Crippen LogP contribution in [0.15, 0.2) is 16.8 Å². The third-order valence-electron chi connectivity index (χ3n) is 5.75. The molecule has 0 radical (unpaired) electrons. The number of nitrogens with zero attached hydrogens (tertiary/aromatic N) is 2. The van der Waals surface area contributed by atoms with Gasteiger partial charge in [-0.2, -0.15) is 11.3 Å². The molecular formula is C19H27N3O4S. The van der Waals surface area contributed by atoms with E-state index in [4.69, 9.17) is 5.11 Å². The first kappa shape index (κ1) is 19.7. The molecule has 2 N–H and O–H groups in total. The van der Waals surface area contributed by atoms with Gasteiger partial charge in [-0.1, -0.05) is 0 Å². The van der Waals surface area contributed by atoms with E-state index in [2.05, 4.69) is 16.8 Å². The lowest BCUT2D eigenvalue weighted by atomic mass is 9.92. The van der Waals surface area contributed by atoms with E-state index < -0.39 is 5.97 Å². The van der Waals surface area contributed by atoms with Crippen LogP contribution in [0.3, 0.4) is 0 Å². The largest absolute Gasteiger partial charge is 0.481 e. The molecule has 1 atom stereocenters. The fourth-order valence-corrected chi connectivity index (χ4v) is 4.69. The average molecular weight is 394 g/mol. The number of nitrogens with one attached hydrogen (secondary N) is 1. The monoisotopic (exact) mass is 393 g/mol. The lowest BCUT2D eigenvalue weighted by molar-refractivity contribution is -0.137. The number of carbonyl (C=O) groups is 3. The number of carbonyl (C=O) groups excluding carboxylic acids is 2. The van der Waals surface area contributed by atoms with Crippen molar-refractivity contribution in [1.29, 1.82) is 0 Å². The van der Waals surface area contributed by atoms with Crippen LogP contribution in [-0.2, 0) is 16.1 Å². The maximum absolute atomic E-state index is 12.2. The van der Waals surface area contributed by atoms with E-state index in [9.17, 15) is 14.4 Å². The molecular weight excluding hydrogens is 366 g/mol. The van der Waals surface area contributed by atoms with Crippen molar-refractivity contribution in [3.05, 3.63) is 22.4 Å². The summed E-state index contributed by atoms with van der Waals surface area (Å²) in [5.41, 5.74) is 1.33. The number of hydrogen-bond acceptors (Lipinski definition) is 4. The molecule has 1 aliphatic carbocycles. The van der Waals surface area contributed by atoms with Crippen LogP contribution in [0.5, 0.6) is 0 Å². The molecule has 2 heterocycles. The lowest BCUT2D eigenvalue weighted by Gasteiger charge is -2.34. The number of rotatable bonds is 7. The zero-order valence-electron chi connectivity index (χ0n) is 15.6. The van der Waals surface area contributed by atoms with Crippen LogP contribution in [0.2, 0.25) is 0 Å². The van der Waals surface area contributed by atoms with Crippen molar-refractivity contribution in [3.63, 3.8) is 0 Å². The lowest BCUT2D eigenvalue weighted by Crippen LogP contribution is -2.46. The maximum atomic E-state index is 12.2. The van der Waals surface area contributed by atoms with Gasteiger partial charge in [-0.25, -0.2) is 4.79 Å². The minimum Gasteiger partial charge on any atom is -0.481 e. The highest BCUT2D eigenvalue weighted by Gasteiger charge is 2.58. The Morgan fingerprint density at radius 2 is 2.11 bits per heavy atom. The zero-order chi connectivity index (χ0) is 19.4. The molecule has 1 aliphatic heterocycles. The topological polar surface area (TPSA) is 90.0 Å². The molecule has 0 aromatic carbocycles. The molecule has 0 bridgehead atoms. The number of piperidine rings is 1. The molecule has 7 nitrogen and oxygen atoms in total. The zero-order valence-corrected chi connectivity index (χ0v) is 16.5. The van der Waals surface area contributed by atoms with Gasteiger partial charge in [0, 0.05) is 45.6 Å². The number of carboxylic acids is 1.